The minimum Gasteiger partial charge on any atom is -0.503 e. The average molecular weight is 993 g/mol. The zero-order chi connectivity index (χ0) is 36.3. The van der Waals surface area contributed by atoms with E-state index in [0.717, 1.165) is 68.3 Å². The Bertz CT molecular complexity index is 2370. The molecule has 7 nitrogen and oxygen atoms in total. The number of hydrogen-bond donors (Lipinski definition) is 0. The first kappa shape index (κ1) is 39.7. The molecule has 4 aromatic carbocycles. The predicted octanol–water partition coefficient (Wildman–Crippen LogP) is 10.9. The van der Waals surface area contributed by atoms with Gasteiger partial charge < -0.3 is 24.0 Å². The largest absolute Gasteiger partial charge is 2.00 e. The van der Waals surface area contributed by atoms with E-state index < -0.39 is 0 Å². The quantitative estimate of drug-likeness (QED) is 0.0949. The van der Waals surface area contributed by atoms with Crippen molar-refractivity contribution in [3.05, 3.63) is 151 Å². The van der Waals surface area contributed by atoms with Gasteiger partial charge in [-0.05, 0) is 54.3 Å². The van der Waals surface area contributed by atoms with Gasteiger partial charge in [-0.15, -0.1) is 71.8 Å². The van der Waals surface area contributed by atoms with Gasteiger partial charge in [-0.25, -0.2) is 9.97 Å². The van der Waals surface area contributed by atoms with Crippen molar-refractivity contribution in [3.8, 4) is 51.5 Å². The zero-order valence-electron chi connectivity index (χ0n) is 30.7. The Morgan fingerprint density at radius 1 is 0.527 bits per heavy atom. The Balaban J connectivity index is 0.00000257. The van der Waals surface area contributed by atoms with E-state index in [1.807, 2.05) is 83.4 Å². The number of ether oxygens (including phenoxy) is 2. The molecular weight excluding hydrogens is 956 g/mol. The van der Waals surface area contributed by atoms with E-state index in [1.54, 1.807) is 24.8 Å². The first-order chi connectivity index (χ1) is 25.9. The number of nitrogens with zero attached hydrogens (tertiary/aromatic N) is 5. The fraction of sp³-hybridized carbons (Fsp3) is 0.174. The van der Waals surface area contributed by atoms with Crippen molar-refractivity contribution >= 4 is 21.8 Å². The maximum atomic E-state index is 6.57. The summed E-state index contributed by atoms with van der Waals surface area (Å²) in [5.74, 6) is 3.56. The molecule has 0 saturated carbocycles. The van der Waals surface area contributed by atoms with Gasteiger partial charge in [0, 0.05) is 47.8 Å². The number of benzene rings is 4. The van der Waals surface area contributed by atoms with E-state index >= 15 is 0 Å². The molecule has 0 fully saturated rings. The van der Waals surface area contributed by atoms with Crippen LogP contribution < -0.4 is 9.47 Å². The van der Waals surface area contributed by atoms with E-state index in [9.17, 15) is 0 Å². The van der Waals surface area contributed by atoms with Crippen molar-refractivity contribution in [2.75, 3.05) is 0 Å². The van der Waals surface area contributed by atoms with Crippen LogP contribution in [-0.4, -0.2) is 24.5 Å². The molecule has 4 heterocycles. The number of fused-ring (bicyclic) bond motifs is 3. The summed E-state index contributed by atoms with van der Waals surface area (Å²) in [6, 6.07) is 43.4. The molecule has 4 aromatic heterocycles. The van der Waals surface area contributed by atoms with Gasteiger partial charge in [-0.3, -0.25) is 0 Å². The van der Waals surface area contributed by atoms with E-state index in [-0.39, 0.29) is 41.5 Å². The summed E-state index contributed by atoms with van der Waals surface area (Å²) >= 11 is 0. The van der Waals surface area contributed by atoms with Gasteiger partial charge >= 0.3 is 41.5 Å². The van der Waals surface area contributed by atoms with Crippen molar-refractivity contribution in [2.45, 2.75) is 40.5 Å². The van der Waals surface area contributed by atoms with Gasteiger partial charge in [0.2, 0.25) is 5.95 Å². The molecule has 0 unspecified atom stereocenters. The molecule has 0 N–H and O–H groups in total. The van der Waals surface area contributed by atoms with Gasteiger partial charge in [-0.1, -0.05) is 75.1 Å². The van der Waals surface area contributed by atoms with Crippen LogP contribution in [0.15, 0.2) is 116 Å². The first-order valence-electron chi connectivity index (χ1n) is 17.9. The number of aromatic nitrogens is 5. The molecule has 0 spiro atoms. The van der Waals surface area contributed by atoms with Gasteiger partial charge in [0.25, 0.3) is 0 Å². The molecule has 0 radical (unpaired) electrons. The standard InChI is InChI=1S/C46H37N5O2.Pd.Pt/c1-30(2)22-34-26-38(52-36-14-9-12-32(24-36)40-16-5-7-18-47-40)28-42-44(34)45-35(23-31(3)4)27-39(29-43(45)51(42)46-49-20-11-21-50-46)53-37-15-10-13-33(25-37)41-17-6-8-19-48-41;;/h5-21,26-27,30-31H,22-23H2,1-4H3;;/q-4;2*+2. The molecule has 0 amide bonds. The fourth-order valence-corrected chi connectivity index (χ4v) is 6.71. The average Bonchev–Trinajstić information content (AvgIpc) is 3.50. The van der Waals surface area contributed by atoms with Crippen molar-refractivity contribution in [1.29, 1.82) is 0 Å². The normalized spacial score (nSPS) is 11.1. The topological polar surface area (TPSA) is 75.0 Å². The van der Waals surface area contributed by atoms with E-state index in [4.69, 9.17) is 19.4 Å². The smallest absolute Gasteiger partial charge is 0.503 e. The van der Waals surface area contributed by atoms with Crippen LogP contribution in [0.3, 0.4) is 0 Å². The molecule has 0 atom stereocenters. The molecule has 9 heteroatoms. The second-order valence-electron chi connectivity index (χ2n) is 13.8. The molecule has 0 aliphatic rings. The van der Waals surface area contributed by atoms with Crippen LogP contribution in [0.4, 0.5) is 0 Å². The predicted molar refractivity (Wildman–Crippen MR) is 208 cm³/mol. The summed E-state index contributed by atoms with van der Waals surface area (Å²) in [6.45, 7) is 8.93. The Morgan fingerprint density at radius 2 is 0.982 bits per heavy atom. The van der Waals surface area contributed by atoms with Crippen LogP contribution >= 0.6 is 0 Å². The van der Waals surface area contributed by atoms with Gasteiger partial charge in [0.05, 0.1) is 0 Å². The fourth-order valence-electron chi connectivity index (χ4n) is 6.71. The number of pyridine rings is 2. The summed E-state index contributed by atoms with van der Waals surface area (Å²) in [6.07, 6.45) is 8.70. The Labute approximate surface area is 350 Å². The molecule has 55 heavy (non-hydrogen) atoms. The first-order valence-corrected chi connectivity index (χ1v) is 17.9. The maximum absolute atomic E-state index is 6.57. The van der Waals surface area contributed by atoms with Gasteiger partial charge in [-0.2, -0.15) is 21.9 Å². The van der Waals surface area contributed by atoms with Gasteiger partial charge in [0.1, 0.15) is 0 Å². The summed E-state index contributed by atoms with van der Waals surface area (Å²) in [5, 5.41) is 2.17. The minimum atomic E-state index is 0. The Hall–Kier alpha value is -4.99. The Kier molecular flexibility index (Phi) is 12.7. The monoisotopic (exact) mass is 992 g/mol. The number of hydrogen-bond acceptors (Lipinski definition) is 6. The van der Waals surface area contributed by atoms with Crippen molar-refractivity contribution < 1.29 is 51.0 Å². The molecule has 278 valence electrons. The van der Waals surface area contributed by atoms with Crippen LogP contribution in [-0.2, 0) is 54.3 Å². The second-order valence-corrected chi connectivity index (χ2v) is 13.8. The summed E-state index contributed by atoms with van der Waals surface area (Å²) in [7, 11) is 0. The van der Waals surface area contributed by atoms with Crippen molar-refractivity contribution in [2.24, 2.45) is 11.8 Å². The maximum Gasteiger partial charge on any atom is 2.00 e. The van der Waals surface area contributed by atoms with E-state index in [1.165, 1.54) is 0 Å². The molecule has 0 aliphatic heterocycles. The van der Waals surface area contributed by atoms with E-state index in [2.05, 4.69) is 74.1 Å². The second kappa shape index (κ2) is 17.6. The Morgan fingerprint density at radius 3 is 1.40 bits per heavy atom. The van der Waals surface area contributed by atoms with Crippen LogP contribution in [0.2, 0.25) is 0 Å². The van der Waals surface area contributed by atoms with Crippen molar-refractivity contribution in [1.82, 2.24) is 24.5 Å². The minimum absolute atomic E-state index is 0. The van der Waals surface area contributed by atoms with Crippen LogP contribution in [0, 0.1) is 36.1 Å². The molecule has 0 saturated heterocycles. The third-order valence-electron chi connectivity index (χ3n) is 8.77. The van der Waals surface area contributed by atoms with E-state index in [0.29, 0.717) is 40.8 Å². The molecule has 8 rings (SSSR count). The molecule has 0 bridgehead atoms. The zero-order valence-corrected chi connectivity index (χ0v) is 34.6. The van der Waals surface area contributed by atoms with Crippen LogP contribution in [0.25, 0.3) is 50.3 Å². The van der Waals surface area contributed by atoms with Crippen LogP contribution in [0.5, 0.6) is 23.0 Å². The summed E-state index contributed by atoms with van der Waals surface area (Å²) in [4.78, 5) is 18.5. The van der Waals surface area contributed by atoms with Crippen molar-refractivity contribution in [3.63, 3.8) is 0 Å². The van der Waals surface area contributed by atoms with Crippen LogP contribution in [0.1, 0.15) is 38.8 Å². The molecule has 8 aromatic rings. The molecule has 0 aliphatic carbocycles. The van der Waals surface area contributed by atoms with Gasteiger partial charge in [0.15, 0.2) is 0 Å². The summed E-state index contributed by atoms with van der Waals surface area (Å²) < 4.78 is 15.2. The number of rotatable bonds is 11. The third-order valence-corrected chi connectivity index (χ3v) is 8.77. The summed E-state index contributed by atoms with van der Waals surface area (Å²) in [5.41, 5.74) is 7.26. The molecular formula is C46H37N5O2PdPt. The third kappa shape index (κ3) is 8.79. The SMILES string of the molecule is CC(C)Cc1cc(Oc2[c-]c(-c3ccccn3)ccc2)[c-]c2c1c1c(CC(C)C)cc(Oc3[c-]c(-c4ccccn4)ccc3)[c-]c1n2-c1ncccn1.[Pd+2].[Pt+2].